The van der Waals surface area contributed by atoms with Crippen molar-refractivity contribution < 1.29 is 24.1 Å². The Morgan fingerprint density at radius 1 is 0.962 bits per heavy atom. The van der Waals surface area contributed by atoms with Crippen LogP contribution in [-0.4, -0.2) is 43.4 Å². The minimum absolute atomic E-state index is 0.279. The third kappa shape index (κ3) is 5.37. The van der Waals surface area contributed by atoms with E-state index >= 15 is 0 Å². The number of aliphatic hydroxyl groups is 1. The predicted molar refractivity (Wildman–Crippen MR) is 97.4 cm³/mol. The van der Waals surface area contributed by atoms with E-state index < -0.39 is 18.5 Å². The van der Waals surface area contributed by atoms with Gasteiger partial charge in [-0.1, -0.05) is 60.7 Å². The molecular formula is C21H26O5. The Morgan fingerprint density at radius 3 is 2.19 bits per heavy atom. The first-order valence-electron chi connectivity index (χ1n) is 8.90. The van der Waals surface area contributed by atoms with Crippen LogP contribution in [0.5, 0.6) is 0 Å². The molecule has 1 aliphatic heterocycles. The van der Waals surface area contributed by atoms with Gasteiger partial charge < -0.3 is 24.1 Å². The SMILES string of the molecule is CO[C@@H]1C[C@H](OCc2ccccc2)[C@H](O)C(COCc2ccccc2)O1. The molecule has 1 saturated heterocycles. The van der Waals surface area contributed by atoms with Gasteiger partial charge in [0.25, 0.3) is 0 Å². The van der Waals surface area contributed by atoms with Crippen molar-refractivity contribution in [1.29, 1.82) is 0 Å². The maximum atomic E-state index is 10.6. The van der Waals surface area contributed by atoms with Crippen LogP contribution in [0.4, 0.5) is 0 Å². The van der Waals surface area contributed by atoms with Gasteiger partial charge >= 0.3 is 0 Å². The van der Waals surface area contributed by atoms with Crippen LogP contribution in [0.2, 0.25) is 0 Å². The summed E-state index contributed by atoms with van der Waals surface area (Å²) in [6, 6.07) is 19.8. The molecule has 1 fully saturated rings. The van der Waals surface area contributed by atoms with Crippen molar-refractivity contribution >= 4 is 0 Å². The first-order valence-corrected chi connectivity index (χ1v) is 8.90. The van der Waals surface area contributed by atoms with E-state index in [1.165, 1.54) is 0 Å². The van der Waals surface area contributed by atoms with E-state index in [1.54, 1.807) is 7.11 Å². The normalized spacial score (nSPS) is 25.9. The number of rotatable bonds is 8. The summed E-state index contributed by atoms with van der Waals surface area (Å²) in [4.78, 5) is 0. The third-order valence-electron chi connectivity index (χ3n) is 4.48. The summed E-state index contributed by atoms with van der Waals surface area (Å²) in [6.07, 6.45) is -1.54. The maximum absolute atomic E-state index is 10.6. The van der Waals surface area contributed by atoms with Gasteiger partial charge in [0.15, 0.2) is 6.29 Å². The lowest BCUT2D eigenvalue weighted by molar-refractivity contribution is -0.261. The van der Waals surface area contributed by atoms with Crippen LogP contribution >= 0.6 is 0 Å². The topological polar surface area (TPSA) is 57.2 Å². The average Bonchev–Trinajstić information content (AvgIpc) is 2.70. The lowest BCUT2D eigenvalue weighted by Crippen LogP contribution is -2.51. The number of ether oxygens (including phenoxy) is 4. The number of hydrogen-bond donors (Lipinski definition) is 1. The number of aliphatic hydroxyl groups excluding tert-OH is 1. The standard InChI is InChI=1S/C21H26O5/c1-23-20-12-18(25-14-17-10-6-3-7-11-17)21(22)19(26-20)15-24-13-16-8-4-2-5-9-16/h2-11,18-22H,12-15H2,1H3/t18-,19?,20-,21-/m0/s1. The molecule has 5 nitrogen and oxygen atoms in total. The van der Waals surface area contributed by atoms with E-state index in [9.17, 15) is 5.11 Å². The molecule has 3 rings (SSSR count). The molecule has 2 aromatic carbocycles. The van der Waals surface area contributed by atoms with Gasteiger partial charge in [-0.25, -0.2) is 0 Å². The van der Waals surface area contributed by atoms with Gasteiger partial charge in [-0.15, -0.1) is 0 Å². The molecule has 1 aliphatic rings. The van der Waals surface area contributed by atoms with E-state index in [-0.39, 0.29) is 12.7 Å². The second-order valence-corrected chi connectivity index (χ2v) is 6.40. The molecule has 1 unspecified atom stereocenters. The molecule has 0 amide bonds. The summed E-state index contributed by atoms with van der Waals surface area (Å²) in [7, 11) is 1.60. The van der Waals surface area contributed by atoms with E-state index in [0.717, 1.165) is 11.1 Å². The van der Waals surface area contributed by atoms with Crippen LogP contribution < -0.4 is 0 Å². The van der Waals surface area contributed by atoms with Gasteiger partial charge in [-0.05, 0) is 11.1 Å². The lowest BCUT2D eigenvalue weighted by Gasteiger charge is -2.38. The van der Waals surface area contributed by atoms with Crippen molar-refractivity contribution in [2.75, 3.05) is 13.7 Å². The highest BCUT2D eigenvalue weighted by Crippen LogP contribution is 2.25. The van der Waals surface area contributed by atoms with Gasteiger partial charge in [0.2, 0.25) is 0 Å². The average molecular weight is 358 g/mol. The molecule has 1 N–H and O–H groups in total. The molecule has 26 heavy (non-hydrogen) atoms. The molecular weight excluding hydrogens is 332 g/mol. The molecule has 0 aliphatic carbocycles. The number of methoxy groups -OCH3 is 1. The van der Waals surface area contributed by atoms with Crippen LogP contribution in [0.25, 0.3) is 0 Å². The van der Waals surface area contributed by atoms with Crippen molar-refractivity contribution in [3.05, 3.63) is 71.8 Å². The second-order valence-electron chi connectivity index (χ2n) is 6.40. The van der Waals surface area contributed by atoms with Gasteiger partial charge in [-0.3, -0.25) is 0 Å². The Kier molecular flexibility index (Phi) is 7.17. The van der Waals surface area contributed by atoms with Gasteiger partial charge in [-0.2, -0.15) is 0 Å². The minimum Gasteiger partial charge on any atom is -0.388 e. The van der Waals surface area contributed by atoms with Gasteiger partial charge in [0, 0.05) is 13.5 Å². The largest absolute Gasteiger partial charge is 0.388 e. The fraction of sp³-hybridized carbons (Fsp3) is 0.429. The highest BCUT2D eigenvalue weighted by Gasteiger charge is 2.38. The Bertz CT molecular complexity index is 633. The van der Waals surface area contributed by atoms with Crippen LogP contribution in [0.1, 0.15) is 17.5 Å². The van der Waals surface area contributed by atoms with Crippen molar-refractivity contribution in [1.82, 2.24) is 0 Å². The summed E-state index contributed by atoms with van der Waals surface area (Å²) in [6.45, 7) is 1.19. The zero-order chi connectivity index (χ0) is 18.2. The van der Waals surface area contributed by atoms with Crippen LogP contribution in [0.3, 0.4) is 0 Å². The number of benzene rings is 2. The summed E-state index contributed by atoms with van der Waals surface area (Å²) in [5.74, 6) is 0. The monoisotopic (exact) mass is 358 g/mol. The quantitative estimate of drug-likeness (QED) is 0.786. The van der Waals surface area contributed by atoms with E-state index in [4.69, 9.17) is 18.9 Å². The summed E-state index contributed by atoms with van der Waals surface area (Å²) >= 11 is 0. The highest BCUT2D eigenvalue weighted by molar-refractivity contribution is 5.14. The van der Waals surface area contributed by atoms with Crippen LogP contribution in [0.15, 0.2) is 60.7 Å². The Morgan fingerprint density at radius 2 is 1.58 bits per heavy atom. The molecule has 140 valence electrons. The zero-order valence-corrected chi connectivity index (χ0v) is 15.0. The Balaban J connectivity index is 1.53. The fourth-order valence-electron chi connectivity index (χ4n) is 3.00. The molecule has 1 heterocycles. The maximum Gasteiger partial charge on any atom is 0.160 e. The molecule has 0 aromatic heterocycles. The Hall–Kier alpha value is -1.76. The minimum atomic E-state index is -0.763. The number of hydrogen-bond acceptors (Lipinski definition) is 5. The third-order valence-corrected chi connectivity index (χ3v) is 4.48. The Labute approximate surface area is 154 Å². The van der Waals surface area contributed by atoms with Crippen LogP contribution in [0, 0.1) is 0 Å². The first-order chi connectivity index (χ1) is 12.8. The van der Waals surface area contributed by atoms with Crippen molar-refractivity contribution in [2.24, 2.45) is 0 Å². The molecule has 0 spiro atoms. The van der Waals surface area contributed by atoms with Gasteiger partial charge in [0.05, 0.1) is 25.9 Å². The second kappa shape index (κ2) is 9.80. The van der Waals surface area contributed by atoms with Crippen molar-refractivity contribution in [3.63, 3.8) is 0 Å². The highest BCUT2D eigenvalue weighted by atomic mass is 16.7. The van der Waals surface area contributed by atoms with Gasteiger partial charge in [0.1, 0.15) is 12.2 Å². The van der Waals surface area contributed by atoms with Crippen molar-refractivity contribution in [2.45, 2.75) is 44.2 Å². The molecule has 0 bridgehead atoms. The van der Waals surface area contributed by atoms with E-state index in [1.807, 2.05) is 60.7 Å². The molecule has 0 radical (unpaired) electrons. The molecule has 4 atom stereocenters. The smallest absolute Gasteiger partial charge is 0.160 e. The van der Waals surface area contributed by atoms with E-state index in [2.05, 4.69) is 0 Å². The summed E-state index contributed by atoms with van der Waals surface area (Å²) < 4.78 is 22.8. The predicted octanol–water partition coefficient (Wildman–Crippen LogP) is 2.91. The van der Waals surface area contributed by atoms with Crippen LogP contribution in [-0.2, 0) is 32.2 Å². The van der Waals surface area contributed by atoms with Crippen molar-refractivity contribution in [3.8, 4) is 0 Å². The van der Waals surface area contributed by atoms with E-state index in [0.29, 0.717) is 19.6 Å². The molecule has 0 saturated carbocycles. The molecule has 5 heteroatoms. The molecule has 2 aromatic rings. The zero-order valence-electron chi connectivity index (χ0n) is 15.0. The fourth-order valence-corrected chi connectivity index (χ4v) is 3.00. The lowest BCUT2D eigenvalue weighted by atomic mass is 10.0. The summed E-state index contributed by atoms with van der Waals surface area (Å²) in [5.41, 5.74) is 2.15. The summed E-state index contributed by atoms with van der Waals surface area (Å²) in [5, 5.41) is 10.6. The first kappa shape index (κ1) is 19.0.